The molecule has 0 spiro atoms. The topological polar surface area (TPSA) is 54.7 Å². The monoisotopic (exact) mass is 381 g/mol. The number of thiazole rings is 1. The Hall–Kier alpha value is -2.47. The molecule has 27 heavy (non-hydrogen) atoms. The van der Waals surface area contributed by atoms with Gasteiger partial charge in [-0.2, -0.15) is 0 Å². The van der Waals surface area contributed by atoms with Crippen LogP contribution in [0.15, 0.2) is 40.6 Å². The third-order valence-electron chi connectivity index (χ3n) is 5.18. The zero-order chi connectivity index (χ0) is 19.1. The first-order valence-electron chi connectivity index (χ1n) is 9.29. The van der Waals surface area contributed by atoms with Crippen LogP contribution in [0.5, 0.6) is 0 Å². The summed E-state index contributed by atoms with van der Waals surface area (Å²) in [6.07, 6.45) is 2.56. The fraction of sp³-hybridized carbons (Fsp3) is 0.381. The first-order valence-corrected chi connectivity index (χ1v) is 10.2. The minimum absolute atomic E-state index is 0.153. The Balaban J connectivity index is 1.78. The van der Waals surface area contributed by atoms with E-state index in [9.17, 15) is 9.59 Å². The third kappa shape index (κ3) is 3.30. The molecule has 6 heteroatoms. The summed E-state index contributed by atoms with van der Waals surface area (Å²) >= 11 is 1.41. The van der Waals surface area contributed by atoms with Crippen molar-refractivity contribution in [1.29, 1.82) is 0 Å². The molecule has 1 amide bonds. The molecule has 3 heterocycles. The zero-order valence-corrected chi connectivity index (χ0v) is 16.6. The molecule has 1 aliphatic heterocycles. The van der Waals surface area contributed by atoms with E-state index in [-0.39, 0.29) is 17.0 Å². The number of amides is 1. The number of piperidine rings is 1. The van der Waals surface area contributed by atoms with Crippen LogP contribution in [0.3, 0.4) is 0 Å². The maximum Gasteiger partial charge on any atom is 0.271 e. The molecule has 0 radical (unpaired) electrons. The Kier molecular flexibility index (Phi) is 4.60. The normalized spacial score (nSPS) is 20.2. The molecule has 1 fully saturated rings. The summed E-state index contributed by atoms with van der Waals surface area (Å²) < 4.78 is 1.57. The Labute approximate surface area is 162 Å². The van der Waals surface area contributed by atoms with E-state index in [4.69, 9.17) is 0 Å². The van der Waals surface area contributed by atoms with Crippen LogP contribution in [0.2, 0.25) is 0 Å². The highest BCUT2D eigenvalue weighted by Crippen LogP contribution is 2.25. The van der Waals surface area contributed by atoms with Crippen LogP contribution >= 0.6 is 11.3 Å². The largest absolute Gasteiger partial charge is 0.338 e. The highest BCUT2D eigenvalue weighted by atomic mass is 32.1. The van der Waals surface area contributed by atoms with Crippen molar-refractivity contribution in [3.63, 3.8) is 0 Å². The van der Waals surface area contributed by atoms with Gasteiger partial charge in [-0.15, -0.1) is 11.3 Å². The smallest absolute Gasteiger partial charge is 0.271 e. The van der Waals surface area contributed by atoms with Gasteiger partial charge in [-0.25, -0.2) is 4.98 Å². The maximum atomic E-state index is 13.2. The Morgan fingerprint density at radius 3 is 2.48 bits per heavy atom. The lowest BCUT2D eigenvalue weighted by Crippen LogP contribution is -2.44. The average molecular weight is 382 g/mol. The van der Waals surface area contributed by atoms with Gasteiger partial charge in [0, 0.05) is 24.7 Å². The molecule has 0 bridgehead atoms. The second kappa shape index (κ2) is 6.93. The molecule has 4 rings (SSSR count). The number of likely N-dealkylation sites (tertiary alicyclic amines) is 1. The van der Waals surface area contributed by atoms with Crippen molar-refractivity contribution in [2.24, 2.45) is 11.8 Å². The zero-order valence-electron chi connectivity index (χ0n) is 15.8. The van der Waals surface area contributed by atoms with Crippen molar-refractivity contribution in [3.05, 3.63) is 57.3 Å². The second-order valence-corrected chi connectivity index (χ2v) is 8.57. The lowest BCUT2D eigenvalue weighted by Gasteiger charge is -2.34. The van der Waals surface area contributed by atoms with Crippen LogP contribution in [-0.4, -0.2) is 33.3 Å². The van der Waals surface area contributed by atoms with Crippen molar-refractivity contribution in [3.8, 4) is 11.3 Å². The highest BCUT2D eigenvalue weighted by molar-refractivity contribution is 7.15. The van der Waals surface area contributed by atoms with E-state index in [1.54, 1.807) is 4.40 Å². The molecule has 0 saturated carbocycles. The molecule has 1 aliphatic rings. The van der Waals surface area contributed by atoms with E-state index in [2.05, 4.69) is 18.8 Å². The summed E-state index contributed by atoms with van der Waals surface area (Å²) in [5.74, 6) is 0.684. The quantitative estimate of drug-likeness (QED) is 0.677. The number of carbonyl (C=O) groups is 1. The molecular formula is C21H23N3O2S. The Bertz CT molecular complexity index is 1040. The van der Waals surface area contributed by atoms with Gasteiger partial charge in [-0.3, -0.25) is 14.0 Å². The molecule has 1 saturated heterocycles. The predicted molar refractivity (Wildman–Crippen MR) is 108 cm³/mol. The summed E-state index contributed by atoms with van der Waals surface area (Å²) in [5, 5.41) is 1.92. The van der Waals surface area contributed by atoms with Crippen LogP contribution in [0.4, 0.5) is 0 Å². The van der Waals surface area contributed by atoms with Gasteiger partial charge in [-0.1, -0.05) is 43.7 Å². The first-order chi connectivity index (χ1) is 12.9. The summed E-state index contributed by atoms with van der Waals surface area (Å²) in [7, 11) is 0. The van der Waals surface area contributed by atoms with Crippen LogP contribution in [0.25, 0.3) is 16.2 Å². The van der Waals surface area contributed by atoms with Crippen molar-refractivity contribution in [2.75, 3.05) is 13.1 Å². The number of carbonyl (C=O) groups excluding carboxylic acids is 1. The third-order valence-corrected chi connectivity index (χ3v) is 6.02. The van der Waals surface area contributed by atoms with E-state index in [1.165, 1.54) is 17.5 Å². The van der Waals surface area contributed by atoms with Gasteiger partial charge in [0.1, 0.15) is 5.56 Å². The first kappa shape index (κ1) is 17.9. The molecule has 3 aromatic rings. The molecule has 2 unspecified atom stereocenters. The van der Waals surface area contributed by atoms with E-state index in [0.29, 0.717) is 29.9 Å². The fourth-order valence-electron chi connectivity index (χ4n) is 3.96. The fourth-order valence-corrected chi connectivity index (χ4v) is 4.82. The summed E-state index contributed by atoms with van der Waals surface area (Å²) in [5.41, 5.74) is 2.75. The number of aromatic nitrogens is 2. The maximum absolute atomic E-state index is 13.2. The van der Waals surface area contributed by atoms with Crippen LogP contribution < -0.4 is 5.56 Å². The van der Waals surface area contributed by atoms with Gasteiger partial charge in [0.25, 0.3) is 11.5 Å². The molecule has 140 valence electrons. The van der Waals surface area contributed by atoms with E-state index < -0.39 is 0 Å². The molecule has 5 nitrogen and oxygen atoms in total. The molecule has 2 aromatic heterocycles. The van der Waals surface area contributed by atoms with Gasteiger partial charge in [0.2, 0.25) is 0 Å². The van der Waals surface area contributed by atoms with Crippen molar-refractivity contribution >= 4 is 22.2 Å². The molecule has 2 atom stereocenters. The van der Waals surface area contributed by atoms with Crippen molar-refractivity contribution in [1.82, 2.24) is 14.3 Å². The minimum atomic E-state index is -0.285. The predicted octanol–water partition coefficient (Wildman–Crippen LogP) is 3.85. The van der Waals surface area contributed by atoms with Crippen LogP contribution in [0, 0.1) is 18.8 Å². The number of hydrogen-bond donors (Lipinski definition) is 0. The van der Waals surface area contributed by atoms with Crippen molar-refractivity contribution in [2.45, 2.75) is 27.2 Å². The standard InChI is InChI=1S/C21H23N3O2S/c1-13-4-6-16(7-5-13)18-12-27-21-22-9-17(20(26)24(18)21)19(25)23-10-14(2)8-15(3)11-23/h4-7,9,12,14-15H,8,10-11H2,1-3H3. The number of fused-ring (bicyclic) bond motifs is 1. The summed E-state index contributed by atoms with van der Waals surface area (Å²) in [4.78, 5) is 33.0. The Morgan fingerprint density at radius 1 is 1.15 bits per heavy atom. The highest BCUT2D eigenvalue weighted by Gasteiger charge is 2.28. The molecular weight excluding hydrogens is 358 g/mol. The lowest BCUT2D eigenvalue weighted by atomic mass is 9.91. The number of aryl methyl sites for hydroxylation is 1. The van der Waals surface area contributed by atoms with E-state index in [1.807, 2.05) is 41.5 Å². The summed E-state index contributed by atoms with van der Waals surface area (Å²) in [6.45, 7) is 7.72. The average Bonchev–Trinajstić information content (AvgIpc) is 3.06. The van der Waals surface area contributed by atoms with Gasteiger partial charge in [-0.05, 0) is 30.7 Å². The van der Waals surface area contributed by atoms with Gasteiger partial charge in [0.05, 0.1) is 5.69 Å². The Morgan fingerprint density at radius 2 is 1.81 bits per heavy atom. The van der Waals surface area contributed by atoms with Crippen LogP contribution in [-0.2, 0) is 0 Å². The minimum Gasteiger partial charge on any atom is -0.338 e. The molecule has 0 aliphatic carbocycles. The lowest BCUT2D eigenvalue weighted by molar-refractivity contribution is 0.0620. The van der Waals surface area contributed by atoms with Gasteiger partial charge >= 0.3 is 0 Å². The van der Waals surface area contributed by atoms with E-state index >= 15 is 0 Å². The van der Waals surface area contributed by atoms with Crippen molar-refractivity contribution < 1.29 is 4.79 Å². The molecule has 1 aromatic carbocycles. The van der Waals surface area contributed by atoms with E-state index in [0.717, 1.165) is 23.2 Å². The van der Waals surface area contributed by atoms with Crippen LogP contribution in [0.1, 0.15) is 36.2 Å². The SMILES string of the molecule is Cc1ccc(-c2csc3ncc(C(=O)N4CC(C)CC(C)C4)c(=O)n23)cc1. The number of hydrogen-bond acceptors (Lipinski definition) is 4. The number of rotatable bonds is 2. The summed E-state index contributed by atoms with van der Waals surface area (Å²) in [6, 6.07) is 8.02. The second-order valence-electron chi connectivity index (χ2n) is 7.74. The number of nitrogens with zero attached hydrogens (tertiary/aromatic N) is 3. The van der Waals surface area contributed by atoms with Gasteiger partial charge in [0.15, 0.2) is 4.96 Å². The van der Waals surface area contributed by atoms with Gasteiger partial charge < -0.3 is 4.90 Å². The molecule has 0 N–H and O–H groups in total. The number of benzene rings is 1.